The molecule has 0 aromatic heterocycles. The zero-order chi connectivity index (χ0) is 13.6. The highest BCUT2D eigenvalue weighted by molar-refractivity contribution is 5.56. The van der Waals surface area contributed by atoms with Gasteiger partial charge in [-0.2, -0.15) is 0 Å². The molecule has 1 aromatic carbocycles. The van der Waals surface area contributed by atoms with Crippen molar-refractivity contribution in [1.29, 1.82) is 0 Å². The van der Waals surface area contributed by atoms with Crippen molar-refractivity contribution in [2.75, 3.05) is 6.61 Å². The van der Waals surface area contributed by atoms with Gasteiger partial charge in [0.1, 0.15) is 5.75 Å². The van der Waals surface area contributed by atoms with Crippen molar-refractivity contribution >= 4 is 6.08 Å². The molecule has 0 heterocycles. The van der Waals surface area contributed by atoms with Crippen LogP contribution in [0.2, 0.25) is 0 Å². The van der Waals surface area contributed by atoms with Crippen LogP contribution >= 0.6 is 0 Å². The van der Waals surface area contributed by atoms with E-state index in [0.29, 0.717) is 6.61 Å². The maximum Gasteiger partial charge on any atom is 0.126 e. The van der Waals surface area contributed by atoms with Crippen LogP contribution in [0.3, 0.4) is 0 Å². The van der Waals surface area contributed by atoms with Crippen LogP contribution in [-0.4, -0.2) is 6.61 Å². The third-order valence-corrected chi connectivity index (χ3v) is 2.04. The van der Waals surface area contributed by atoms with Gasteiger partial charge in [0, 0.05) is 12.0 Å². The Bertz CT molecular complexity index is 356. The first-order valence-electron chi connectivity index (χ1n) is 6.47. The summed E-state index contributed by atoms with van der Waals surface area (Å²) in [6.07, 6.45) is 10.5. The second-order valence-corrected chi connectivity index (χ2v) is 3.28. The molecular formula is C16H24NO. The summed E-state index contributed by atoms with van der Waals surface area (Å²) in [7, 11) is 0. The SMILES string of the molecule is CC.CC/C=C/[CH]COc1ccccc1/C=C\N. The quantitative estimate of drug-likeness (QED) is 0.764. The van der Waals surface area contributed by atoms with E-state index in [9.17, 15) is 0 Å². The van der Waals surface area contributed by atoms with E-state index in [4.69, 9.17) is 10.5 Å². The van der Waals surface area contributed by atoms with Crippen molar-refractivity contribution in [3.05, 3.63) is 54.6 Å². The monoisotopic (exact) mass is 246 g/mol. The Hall–Kier alpha value is -1.70. The topological polar surface area (TPSA) is 35.2 Å². The maximum absolute atomic E-state index is 5.62. The third kappa shape index (κ3) is 6.79. The lowest BCUT2D eigenvalue weighted by atomic mass is 10.2. The zero-order valence-electron chi connectivity index (χ0n) is 11.6. The molecule has 0 unspecified atom stereocenters. The van der Waals surface area contributed by atoms with Gasteiger partial charge in [-0.15, -0.1) is 0 Å². The van der Waals surface area contributed by atoms with Gasteiger partial charge in [0.25, 0.3) is 0 Å². The molecule has 0 amide bonds. The highest BCUT2D eigenvalue weighted by Gasteiger charge is 1.97. The third-order valence-electron chi connectivity index (χ3n) is 2.04. The Morgan fingerprint density at radius 1 is 1.22 bits per heavy atom. The molecule has 0 aliphatic carbocycles. The van der Waals surface area contributed by atoms with E-state index >= 15 is 0 Å². The predicted octanol–water partition coefficient (Wildman–Crippen LogP) is 4.19. The number of rotatable bonds is 6. The Balaban J connectivity index is 0.00000137. The van der Waals surface area contributed by atoms with Crippen molar-refractivity contribution in [2.45, 2.75) is 27.2 Å². The first kappa shape index (κ1) is 16.3. The number of hydrogen-bond acceptors (Lipinski definition) is 2. The smallest absolute Gasteiger partial charge is 0.126 e. The summed E-state index contributed by atoms with van der Waals surface area (Å²) < 4.78 is 5.62. The summed E-state index contributed by atoms with van der Waals surface area (Å²) in [5.41, 5.74) is 6.37. The molecule has 0 spiro atoms. The highest BCUT2D eigenvalue weighted by atomic mass is 16.5. The lowest BCUT2D eigenvalue weighted by Gasteiger charge is -2.07. The molecule has 0 saturated carbocycles. The van der Waals surface area contributed by atoms with E-state index in [1.807, 2.05) is 56.7 Å². The minimum absolute atomic E-state index is 0.575. The molecule has 1 rings (SSSR count). The Kier molecular flexibility index (Phi) is 10.7. The standard InChI is InChI=1S/C14H18NO.C2H6/c1-2-3-4-7-12-16-14-9-6-5-8-13(14)10-11-15;1-2/h3-11H,2,12,15H2,1H3;1-2H3/b4-3+,11-10-;. The van der Waals surface area contributed by atoms with E-state index in [-0.39, 0.29) is 0 Å². The van der Waals surface area contributed by atoms with Crippen LogP contribution in [0.5, 0.6) is 5.75 Å². The number of allylic oxidation sites excluding steroid dienone is 1. The van der Waals surface area contributed by atoms with Crippen LogP contribution in [-0.2, 0) is 0 Å². The number of para-hydroxylation sites is 1. The van der Waals surface area contributed by atoms with Crippen LogP contribution in [0.1, 0.15) is 32.8 Å². The molecule has 2 heteroatoms. The Morgan fingerprint density at radius 2 is 1.94 bits per heavy atom. The fourth-order valence-corrected chi connectivity index (χ4v) is 1.28. The molecule has 0 aliphatic heterocycles. The molecule has 2 nitrogen and oxygen atoms in total. The minimum atomic E-state index is 0.575. The summed E-state index contributed by atoms with van der Waals surface area (Å²) >= 11 is 0. The zero-order valence-corrected chi connectivity index (χ0v) is 11.6. The number of nitrogens with two attached hydrogens (primary N) is 1. The summed E-state index contributed by atoms with van der Waals surface area (Å²) in [6.45, 7) is 6.68. The van der Waals surface area contributed by atoms with Gasteiger partial charge in [-0.05, 0) is 24.8 Å². The predicted molar refractivity (Wildman–Crippen MR) is 80.2 cm³/mol. The molecule has 18 heavy (non-hydrogen) atoms. The van der Waals surface area contributed by atoms with Crippen molar-refractivity contribution < 1.29 is 4.74 Å². The summed E-state index contributed by atoms with van der Waals surface area (Å²) in [5.74, 6) is 0.852. The summed E-state index contributed by atoms with van der Waals surface area (Å²) in [6, 6.07) is 7.82. The van der Waals surface area contributed by atoms with Crippen LogP contribution in [0.4, 0.5) is 0 Å². The van der Waals surface area contributed by atoms with Gasteiger partial charge >= 0.3 is 0 Å². The van der Waals surface area contributed by atoms with Crippen molar-refractivity contribution in [2.24, 2.45) is 5.73 Å². The molecule has 2 N–H and O–H groups in total. The minimum Gasteiger partial charge on any atom is -0.492 e. The first-order chi connectivity index (χ1) is 8.88. The van der Waals surface area contributed by atoms with Crippen molar-refractivity contribution in [1.82, 2.24) is 0 Å². The second-order valence-electron chi connectivity index (χ2n) is 3.28. The number of ether oxygens (including phenoxy) is 1. The van der Waals surface area contributed by atoms with Crippen LogP contribution in [0.15, 0.2) is 42.6 Å². The lowest BCUT2D eigenvalue weighted by Crippen LogP contribution is -1.98. The normalized spacial score (nSPS) is 10.4. The van der Waals surface area contributed by atoms with E-state index < -0.39 is 0 Å². The van der Waals surface area contributed by atoms with Crippen LogP contribution in [0.25, 0.3) is 6.08 Å². The number of hydrogen-bond donors (Lipinski definition) is 1. The van der Waals surface area contributed by atoms with Gasteiger partial charge in [-0.3, -0.25) is 0 Å². The van der Waals surface area contributed by atoms with E-state index in [1.54, 1.807) is 0 Å². The van der Waals surface area contributed by atoms with E-state index in [2.05, 4.69) is 13.0 Å². The molecule has 0 saturated heterocycles. The fraction of sp³-hybridized carbons (Fsp3) is 0.312. The van der Waals surface area contributed by atoms with Gasteiger partial charge in [-0.1, -0.05) is 51.1 Å². The maximum atomic E-state index is 5.62. The Morgan fingerprint density at radius 3 is 2.61 bits per heavy atom. The summed E-state index contributed by atoms with van der Waals surface area (Å²) in [5, 5.41) is 0. The lowest BCUT2D eigenvalue weighted by molar-refractivity contribution is 0.352. The average Bonchev–Trinajstić information content (AvgIpc) is 2.43. The second kappa shape index (κ2) is 11.8. The molecule has 0 aliphatic rings. The fourth-order valence-electron chi connectivity index (χ4n) is 1.28. The highest BCUT2D eigenvalue weighted by Crippen LogP contribution is 2.19. The average molecular weight is 246 g/mol. The van der Waals surface area contributed by atoms with Crippen molar-refractivity contribution in [3.8, 4) is 5.75 Å². The van der Waals surface area contributed by atoms with Crippen LogP contribution < -0.4 is 10.5 Å². The molecule has 99 valence electrons. The van der Waals surface area contributed by atoms with Gasteiger partial charge in [0.15, 0.2) is 0 Å². The molecule has 1 radical (unpaired) electrons. The van der Waals surface area contributed by atoms with Crippen LogP contribution in [0, 0.1) is 6.42 Å². The van der Waals surface area contributed by atoms with Gasteiger partial charge in [0.2, 0.25) is 0 Å². The first-order valence-corrected chi connectivity index (χ1v) is 6.47. The number of benzene rings is 1. The molecule has 0 atom stereocenters. The van der Waals surface area contributed by atoms with E-state index in [0.717, 1.165) is 17.7 Å². The van der Waals surface area contributed by atoms with Gasteiger partial charge in [-0.25, -0.2) is 0 Å². The van der Waals surface area contributed by atoms with Crippen molar-refractivity contribution in [3.63, 3.8) is 0 Å². The van der Waals surface area contributed by atoms with Gasteiger partial charge < -0.3 is 10.5 Å². The Labute approximate surface area is 111 Å². The van der Waals surface area contributed by atoms with Gasteiger partial charge in [0.05, 0.1) is 6.61 Å². The molecular weight excluding hydrogens is 222 g/mol. The molecule has 0 fully saturated rings. The molecule has 1 aromatic rings. The molecule has 0 bridgehead atoms. The van der Waals surface area contributed by atoms with E-state index in [1.165, 1.54) is 6.20 Å². The summed E-state index contributed by atoms with van der Waals surface area (Å²) in [4.78, 5) is 0. The largest absolute Gasteiger partial charge is 0.492 e.